The molecule has 0 saturated carbocycles. The fourth-order valence-electron chi connectivity index (χ4n) is 2.58. The van der Waals surface area contributed by atoms with Crippen molar-refractivity contribution in [2.24, 2.45) is 0 Å². The van der Waals surface area contributed by atoms with Gasteiger partial charge in [0, 0.05) is 23.9 Å². The van der Waals surface area contributed by atoms with Crippen LogP contribution in [0.15, 0.2) is 42.6 Å². The molecular formula is C17H21FN2. The van der Waals surface area contributed by atoms with Crippen molar-refractivity contribution in [3.8, 4) is 0 Å². The highest BCUT2D eigenvalue weighted by molar-refractivity contribution is 5.32. The van der Waals surface area contributed by atoms with Gasteiger partial charge in [0.1, 0.15) is 5.82 Å². The Balaban J connectivity index is 2.35. The van der Waals surface area contributed by atoms with Crippen LogP contribution in [0.3, 0.4) is 0 Å². The summed E-state index contributed by atoms with van der Waals surface area (Å²) < 4.78 is 13.3. The molecule has 0 spiro atoms. The van der Waals surface area contributed by atoms with Crippen molar-refractivity contribution in [2.45, 2.75) is 32.7 Å². The minimum atomic E-state index is -0.188. The summed E-state index contributed by atoms with van der Waals surface area (Å²) in [5, 5.41) is 3.49. The van der Waals surface area contributed by atoms with Crippen LogP contribution in [0.4, 0.5) is 4.39 Å². The maximum absolute atomic E-state index is 13.3. The summed E-state index contributed by atoms with van der Waals surface area (Å²) in [4.78, 5) is 4.44. The molecule has 1 aromatic carbocycles. The number of rotatable bonds is 5. The number of hydrogen-bond acceptors (Lipinski definition) is 2. The molecule has 1 aromatic heterocycles. The topological polar surface area (TPSA) is 24.9 Å². The first-order chi connectivity index (χ1) is 9.63. The number of benzene rings is 1. The molecule has 2 nitrogen and oxygen atoms in total. The SMILES string of the molecule is CCNC(c1ccc(F)cc1C)C(C)c1ccccn1. The third-order valence-corrected chi connectivity index (χ3v) is 3.65. The van der Waals surface area contributed by atoms with Crippen molar-refractivity contribution < 1.29 is 4.39 Å². The highest BCUT2D eigenvalue weighted by Crippen LogP contribution is 2.31. The Bertz CT molecular complexity index is 554. The van der Waals surface area contributed by atoms with Crippen LogP contribution >= 0.6 is 0 Å². The van der Waals surface area contributed by atoms with Crippen molar-refractivity contribution >= 4 is 0 Å². The smallest absolute Gasteiger partial charge is 0.123 e. The van der Waals surface area contributed by atoms with Crippen molar-refractivity contribution in [3.63, 3.8) is 0 Å². The number of aromatic nitrogens is 1. The molecule has 0 aliphatic rings. The highest BCUT2D eigenvalue weighted by Gasteiger charge is 2.22. The average molecular weight is 272 g/mol. The lowest BCUT2D eigenvalue weighted by molar-refractivity contribution is 0.469. The molecule has 0 bridgehead atoms. The maximum Gasteiger partial charge on any atom is 0.123 e. The van der Waals surface area contributed by atoms with Gasteiger partial charge in [-0.05, 0) is 48.9 Å². The molecule has 2 atom stereocenters. The van der Waals surface area contributed by atoms with Gasteiger partial charge >= 0.3 is 0 Å². The predicted molar refractivity (Wildman–Crippen MR) is 80.2 cm³/mol. The quantitative estimate of drug-likeness (QED) is 0.890. The fraction of sp³-hybridized carbons (Fsp3) is 0.353. The predicted octanol–water partition coefficient (Wildman–Crippen LogP) is 3.98. The minimum Gasteiger partial charge on any atom is -0.310 e. The van der Waals surface area contributed by atoms with E-state index in [1.807, 2.05) is 37.4 Å². The van der Waals surface area contributed by atoms with Gasteiger partial charge < -0.3 is 5.32 Å². The first-order valence-corrected chi connectivity index (χ1v) is 7.03. The number of pyridine rings is 1. The lowest BCUT2D eigenvalue weighted by Crippen LogP contribution is -2.27. The van der Waals surface area contributed by atoms with E-state index in [9.17, 15) is 4.39 Å². The number of hydrogen-bond donors (Lipinski definition) is 1. The average Bonchev–Trinajstić information content (AvgIpc) is 2.46. The summed E-state index contributed by atoms with van der Waals surface area (Å²) in [5.41, 5.74) is 3.15. The molecule has 0 radical (unpaired) electrons. The first kappa shape index (κ1) is 14.7. The second kappa shape index (κ2) is 6.62. The Hall–Kier alpha value is -1.74. The lowest BCUT2D eigenvalue weighted by Gasteiger charge is -2.26. The van der Waals surface area contributed by atoms with Gasteiger partial charge in [-0.3, -0.25) is 4.98 Å². The van der Waals surface area contributed by atoms with Crippen molar-refractivity contribution in [3.05, 3.63) is 65.2 Å². The van der Waals surface area contributed by atoms with E-state index in [0.717, 1.165) is 23.4 Å². The molecule has 1 heterocycles. The molecule has 2 rings (SSSR count). The summed E-state index contributed by atoms with van der Waals surface area (Å²) in [5.74, 6) is 0.0345. The molecule has 0 aliphatic heterocycles. The molecule has 1 N–H and O–H groups in total. The number of nitrogens with zero attached hydrogens (tertiary/aromatic N) is 1. The van der Waals surface area contributed by atoms with E-state index in [0.29, 0.717) is 0 Å². The van der Waals surface area contributed by atoms with Crippen molar-refractivity contribution in [2.75, 3.05) is 6.54 Å². The summed E-state index contributed by atoms with van der Waals surface area (Å²) in [7, 11) is 0. The molecule has 2 unspecified atom stereocenters. The van der Waals surface area contributed by atoms with Gasteiger partial charge in [-0.2, -0.15) is 0 Å². The molecule has 106 valence electrons. The lowest BCUT2D eigenvalue weighted by atomic mass is 9.89. The van der Waals surface area contributed by atoms with E-state index in [4.69, 9.17) is 0 Å². The Morgan fingerprint density at radius 3 is 2.65 bits per heavy atom. The van der Waals surface area contributed by atoms with E-state index >= 15 is 0 Å². The summed E-state index contributed by atoms with van der Waals surface area (Å²) in [6.45, 7) is 7.04. The normalized spacial score (nSPS) is 14.0. The molecule has 0 saturated heterocycles. The van der Waals surface area contributed by atoms with Crippen LogP contribution in [0.2, 0.25) is 0 Å². The Kier molecular flexibility index (Phi) is 4.85. The van der Waals surface area contributed by atoms with E-state index in [1.54, 1.807) is 6.07 Å². The van der Waals surface area contributed by atoms with Crippen LogP contribution < -0.4 is 5.32 Å². The van der Waals surface area contributed by atoms with Crippen LogP contribution in [-0.4, -0.2) is 11.5 Å². The number of likely N-dealkylation sites (N-methyl/N-ethyl adjacent to an activating group) is 1. The van der Waals surface area contributed by atoms with Crippen LogP contribution in [0.25, 0.3) is 0 Å². The third kappa shape index (κ3) is 3.23. The van der Waals surface area contributed by atoms with Gasteiger partial charge in [0.25, 0.3) is 0 Å². The van der Waals surface area contributed by atoms with Crippen molar-refractivity contribution in [1.82, 2.24) is 10.3 Å². The summed E-state index contributed by atoms with van der Waals surface area (Å²) in [6, 6.07) is 11.1. The van der Waals surface area contributed by atoms with Gasteiger partial charge in [0.05, 0.1) is 0 Å². The Morgan fingerprint density at radius 2 is 2.05 bits per heavy atom. The van der Waals surface area contributed by atoms with Crippen LogP contribution in [0.5, 0.6) is 0 Å². The Labute approximate surface area is 120 Å². The van der Waals surface area contributed by atoms with Gasteiger partial charge in [-0.25, -0.2) is 4.39 Å². The summed E-state index contributed by atoms with van der Waals surface area (Å²) >= 11 is 0. The van der Waals surface area contributed by atoms with Gasteiger partial charge in [0.15, 0.2) is 0 Å². The molecule has 20 heavy (non-hydrogen) atoms. The number of nitrogens with one attached hydrogen (secondary N) is 1. The number of halogens is 1. The number of aryl methyl sites for hydroxylation is 1. The minimum absolute atomic E-state index is 0.135. The molecule has 0 aliphatic carbocycles. The molecule has 2 aromatic rings. The van der Waals surface area contributed by atoms with E-state index in [-0.39, 0.29) is 17.8 Å². The standard InChI is InChI=1S/C17H21FN2/c1-4-19-17(13(3)16-7-5-6-10-20-16)15-9-8-14(18)11-12(15)2/h5-11,13,17,19H,4H2,1-3H3. The van der Waals surface area contributed by atoms with E-state index in [2.05, 4.69) is 24.1 Å². The zero-order chi connectivity index (χ0) is 14.5. The molecule has 0 amide bonds. The van der Waals surface area contributed by atoms with Gasteiger partial charge in [-0.1, -0.05) is 26.0 Å². The van der Waals surface area contributed by atoms with Gasteiger partial charge in [0.2, 0.25) is 0 Å². The molecular weight excluding hydrogens is 251 g/mol. The van der Waals surface area contributed by atoms with Crippen LogP contribution in [-0.2, 0) is 0 Å². The van der Waals surface area contributed by atoms with Crippen LogP contribution in [0, 0.1) is 12.7 Å². The molecule has 3 heteroatoms. The van der Waals surface area contributed by atoms with Crippen molar-refractivity contribution in [1.29, 1.82) is 0 Å². The van der Waals surface area contributed by atoms with Gasteiger partial charge in [-0.15, -0.1) is 0 Å². The first-order valence-electron chi connectivity index (χ1n) is 7.03. The molecule has 0 fully saturated rings. The summed E-state index contributed by atoms with van der Waals surface area (Å²) in [6.07, 6.45) is 1.81. The second-order valence-corrected chi connectivity index (χ2v) is 5.08. The van der Waals surface area contributed by atoms with E-state index in [1.165, 1.54) is 6.07 Å². The monoisotopic (exact) mass is 272 g/mol. The fourth-order valence-corrected chi connectivity index (χ4v) is 2.58. The van der Waals surface area contributed by atoms with Crippen LogP contribution in [0.1, 0.15) is 42.6 Å². The zero-order valence-electron chi connectivity index (χ0n) is 12.2. The zero-order valence-corrected chi connectivity index (χ0v) is 12.2. The third-order valence-electron chi connectivity index (χ3n) is 3.65. The second-order valence-electron chi connectivity index (χ2n) is 5.08. The largest absolute Gasteiger partial charge is 0.310 e. The maximum atomic E-state index is 13.3. The van der Waals surface area contributed by atoms with E-state index < -0.39 is 0 Å². The highest BCUT2D eigenvalue weighted by atomic mass is 19.1. The Morgan fingerprint density at radius 1 is 1.25 bits per heavy atom.